The maximum Gasteiger partial charge on any atom is 0.307 e. The Morgan fingerprint density at radius 2 is 2.05 bits per heavy atom. The van der Waals surface area contributed by atoms with Gasteiger partial charge in [0.15, 0.2) is 0 Å². The molecular formula is C16H20N2O3S. The van der Waals surface area contributed by atoms with Crippen molar-refractivity contribution in [2.75, 3.05) is 0 Å². The Kier molecular flexibility index (Phi) is 5.51. The predicted molar refractivity (Wildman–Crippen MR) is 86.9 cm³/mol. The summed E-state index contributed by atoms with van der Waals surface area (Å²) in [5.74, 6) is -0.0930. The van der Waals surface area contributed by atoms with Gasteiger partial charge in [-0.3, -0.25) is 9.59 Å². The van der Waals surface area contributed by atoms with Gasteiger partial charge in [-0.25, -0.2) is 0 Å². The van der Waals surface area contributed by atoms with Crippen molar-refractivity contribution in [3.63, 3.8) is 0 Å². The van der Waals surface area contributed by atoms with E-state index in [9.17, 15) is 9.59 Å². The summed E-state index contributed by atoms with van der Waals surface area (Å²) >= 11 is 1.21. The molecule has 0 fully saturated rings. The highest BCUT2D eigenvalue weighted by Gasteiger charge is 2.09. The van der Waals surface area contributed by atoms with Gasteiger partial charge in [-0.1, -0.05) is 35.6 Å². The standard InChI is InChI=1S/C16H20N2O3S/c1-11-12(2)22-16(21)18(11)7-6-15(20)17-9-13-4-3-5-14(8-13)10-19/h3-5,8,19H,6-7,9-10H2,1-2H3,(H,17,20). The zero-order valence-electron chi connectivity index (χ0n) is 12.8. The first-order chi connectivity index (χ1) is 10.5. The van der Waals surface area contributed by atoms with Gasteiger partial charge in [-0.2, -0.15) is 0 Å². The van der Waals surface area contributed by atoms with Gasteiger partial charge in [0.05, 0.1) is 6.61 Å². The maximum absolute atomic E-state index is 11.9. The molecule has 6 heteroatoms. The van der Waals surface area contributed by atoms with Crippen LogP contribution < -0.4 is 10.2 Å². The number of aryl methyl sites for hydroxylation is 1. The van der Waals surface area contributed by atoms with E-state index < -0.39 is 0 Å². The van der Waals surface area contributed by atoms with E-state index in [0.717, 1.165) is 21.7 Å². The van der Waals surface area contributed by atoms with E-state index in [1.165, 1.54) is 11.3 Å². The molecule has 2 aromatic rings. The minimum Gasteiger partial charge on any atom is -0.392 e. The van der Waals surface area contributed by atoms with Crippen LogP contribution in [0.2, 0.25) is 0 Å². The number of aliphatic hydroxyl groups excluding tert-OH is 1. The number of hydrogen-bond donors (Lipinski definition) is 2. The number of carbonyl (C=O) groups is 1. The number of thiazole rings is 1. The highest BCUT2D eigenvalue weighted by Crippen LogP contribution is 2.10. The minimum absolute atomic E-state index is 0.0124. The van der Waals surface area contributed by atoms with Crippen LogP contribution >= 0.6 is 11.3 Å². The third kappa shape index (κ3) is 4.05. The van der Waals surface area contributed by atoms with Crippen molar-refractivity contribution in [1.82, 2.24) is 9.88 Å². The molecule has 0 atom stereocenters. The molecule has 0 spiro atoms. The number of benzene rings is 1. The SMILES string of the molecule is Cc1sc(=O)n(CCC(=O)NCc2cccc(CO)c2)c1C. The van der Waals surface area contributed by atoms with Gasteiger partial charge in [0.2, 0.25) is 5.91 Å². The molecule has 22 heavy (non-hydrogen) atoms. The van der Waals surface area contributed by atoms with Crippen LogP contribution in [0.1, 0.15) is 28.1 Å². The van der Waals surface area contributed by atoms with Crippen LogP contribution in [0.3, 0.4) is 0 Å². The van der Waals surface area contributed by atoms with Crippen LogP contribution in [0.5, 0.6) is 0 Å². The highest BCUT2D eigenvalue weighted by molar-refractivity contribution is 7.09. The second-order valence-corrected chi connectivity index (χ2v) is 6.33. The van der Waals surface area contributed by atoms with Crippen LogP contribution in [-0.2, 0) is 24.5 Å². The zero-order valence-corrected chi connectivity index (χ0v) is 13.6. The van der Waals surface area contributed by atoms with Gasteiger partial charge in [0, 0.05) is 30.1 Å². The fourth-order valence-electron chi connectivity index (χ4n) is 2.19. The largest absolute Gasteiger partial charge is 0.392 e. The van der Waals surface area contributed by atoms with Crippen molar-refractivity contribution in [1.29, 1.82) is 0 Å². The van der Waals surface area contributed by atoms with E-state index >= 15 is 0 Å². The van der Waals surface area contributed by atoms with Crippen molar-refractivity contribution in [3.05, 3.63) is 55.6 Å². The van der Waals surface area contributed by atoms with E-state index in [2.05, 4.69) is 5.32 Å². The summed E-state index contributed by atoms with van der Waals surface area (Å²) in [7, 11) is 0. The summed E-state index contributed by atoms with van der Waals surface area (Å²) in [6.45, 7) is 4.61. The lowest BCUT2D eigenvalue weighted by Gasteiger charge is -2.08. The summed E-state index contributed by atoms with van der Waals surface area (Å²) < 4.78 is 1.64. The van der Waals surface area contributed by atoms with E-state index in [0.29, 0.717) is 13.1 Å². The number of amides is 1. The summed E-state index contributed by atoms with van der Waals surface area (Å²) in [5.41, 5.74) is 2.70. The van der Waals surface area contributed by atoms with Gasteiger partial charge < -0.3 is 15.0 Å². The van der Waals surface area contributed by atoms with Gasteiger partial charge >= 0.3 is 4.87 Å². The summed E-state index contributed by atoms with van der Waals surface area (Å²) in [5, 5.41) is 11.9. The number of aromatic nitrogens is 1. The molecule has 2 rings (SSSR count). The molecule has 0 aliphatic rings. The minimum atomic E-state index is -0.0930. The molecule has 1 heterocycles. The Balaban J connectivity index is 1.87. The normalized spacial score (nSPS) is 10.7. The monoisotopic (exact) mass is 320 g/mol. The molecule has 1 aromatic carbocycles. The van der Waals surface area contributed by atoms with E-state index in [1.54, 1.807) is 4.57 Å². The van der Waals surface area contributed by atoms with Gasteiger partial charge in [-0.05, 0) is 25.0 Å². The molecule has 5 nitrogen and oxygen atoms in total. The van der Waals surface area contributed by atoms with Crippen LogP contribution in [0.4, 0.5) is 0 Å². The van der Waals surface area contributed by atoms with Crippen molar-refractivity contribution >= 4 is 17.2 Å². The van der Waals surface area contributed by atoms with Crippen molar-refractivity contribution in [3.8, 4) is 0 Å². The number of nitrogens with one attached hydrogen (secondary N) is 1. The number of hydrogen-bond acceptors (Lipinski definition) is 4. The smallest absolute Gasteiger partial charge is 0.307 e. The molecule has 0 aliphatic carbocycles. The lowest BCUT2D eigenvalue weighted by atomic mass is 10.1. The molecule has 118 valence electrons. The first-order valence-corrected chi connectivity index (χ1v) is 7.95. The molecule has 0 saturated heterocycles. The summed E-state index contributed by atoms with van der Waals surface area (Å²) in [6.07, 6.45) is 0.274. The first-order valence-electron chi connectivity index (χ1n) is 7.13. The van der Waals surface area contributed by atoms with E-state index in [1.807, 2.05) is 38.1 Å². The quantitative estimate of drug-likeness (QED) is 0.851. The molecule has 0 bridgehead atoms. The van der Waals surface area contributed by atoms with Gasteiger partial charge in [0.25, 0.3) is 0 Å². The molecule has 2 N–H and O–H groups in total. The maximum atomic E-state index is 11.9. The number of rotatable bonds is 6. The number of aliphatic hydroxyl groups is 1. The Morgan fingerprint density at radius 1 is 1.32 bits per heavy atom. The van der Waals surface area contributed by atoms with E-state index in [4.69, 9.17) is 5.11 Å². The first kappa shape index (κ1) is 16.5. The lowest BCUT2D eigenvalue weighted by Crippen LogP contribution is -2.26. The van der Waals surface area contributed by atoms with Crippen LogP contribution in [-0.4, -0.2) is 15.6 Å². The molecule has 0 saturated carbocycles. The van der Waals surface area contributed by atoms with Crippen LogP contribution in [0.25, 0.3) is 0 Å². The second kappa shape index (κ2) is 7.38. The van der Waals surface area contributed by atoms with Gasteiger partial charge in [-0.15, -0.1) is 0 Å². The molecule has 1 aromatic heterocycles. The Morgan fingerprint density at radius 3 is 2.68 bits per heavy atom. The summed E-state index contributed by atoms with van der Waals surface area (Å²) in [6, 6.07) is 7.44. The average Bonchev–Trinajstić information content (AvgIpc) is 2.76. The number of carbonyl (C=O) groups excluding carboxylic acids is 1. The topological polar surface area (TPSA) is 71.3 Å². The molecule has 0 unspecified atom stereocenters. The van der Waals surface area contributed by atoms with Crippen LogP contribution in [0.15, 0.2) is 29.1 Å². The molecule has 1 amide bonds. The summed E-state index contributed by atoms with van der Waals surface area (Å²) in [4.78, 5) is 24.6. The van der Waals surface area contributed by atoms with Crippen molar-refractivity contribution in [2.45, 2.75) is 40.0 Å². The fourth-order valence-corrected chi connectivity index (χ4v) is 3.04. The Labute approximate surface area is 133 Å². The second-order valence-electron chi connectivity index (χ2n) is 5.17. The lowest BCUT2D eigenvalue weighted by molar-refractivity contribution is -0.121. The third-order valence-electron chi connectivity index (χ3n) is 3.60. The molecule has 0 radical (unpaired) electrons. The zero-order chi connectivity index (χ0) is 16.1. The Hall–Kier alpha value is -1.92. The van der Waals surface area contributed by atoms with Gasteiger partial charge in [0.1, 0.15) is 0 Å². The van der Waals surface area contributed by atoms with Crippen molar-refractivity contribution < 1.29 is 9.90 Å². The Bertz CT molecular complexity index is 718. The molecular weight excluding hydrogens is 300 g/mol. The predicted octanol–water partition coefficient (Wildman–Crippen LogP) is 1.73. The van der Waals surface area contributed by atoms with E-state index in [-0.39, 0.29) is 23.8 Å². The average molecular weight is 320 g/mol. The molecule has 0 aliphatic heterocycles. The fraction of sp³-hybridized carbons (Fsp3) is 0.375. The third-order valence-corrected chi connectivity index (χ3v) is 4.60. The van der Waals surface area contributed by atoms with Crippen LogP contribution in [0, 0.1) is 13.8 Å². The van der Waals surface area contributed by atoms with Crippen molar-refractivity contribution in [2.24, 2.45) is 0 Å². The highest BCUT2D eigenvalue weighted by atomic mass is 32.1. The number of nitrogens with zero attached hydrogens (tertiary/aromatic N) is 1.